The van der Waals surface area contributed by atoms with Crippen LogP contribution in [-0.4, -0.2) is 57.3 Å². The Bertz CT molecular complexity index is 1110. The van der Waals surface area contributed by atoms with Gasteiger partial charge in [-0.05, 0) is 43.2 Å². The minimum Gasteiger partial charge on any atom is -0.468 e. The Hall–Kier alpha value is -3.24. The first-order chi connectivity index (χ1) is 15.3. The third kappa shape index (κ3) is 5.51. The summed E-state index contributed by atoms with van der Waals surface area (Å²) in [6.45, 7) is 0.579. The predicted molar refractivity (Wildman–Crippen MR) is 118 cm³/mol. The first-order valence-corrected chi connectivity index (χ1v) is 11.6. The van der Waals surface area contributed by atoms with Crippen LogP contribution in [0.4, 0.5) is 5.69 Å². The minimum atomic E-state index is -3.81. The van der Waals surface area contributed by atoms with Crippen molar-refractivity contribution in [1.82, 2.24) is 9.62 Å². The number of anilines is 1. The first-order valence-electron chi connectivity index (χ1n) is 10.2. The molecular weight excluding hydrogens is 434 g/mol. The molecule has 3 rings (SSSR count). The normalized spacial score (nSPS) is 14.4. The average Bonchev–Trinajstić information content (AvgIpc) is 2.83. The molecule has 0 saturated carbocycles. The standard InChI is InChI=1S/C22H25N3O6S/c1-31-20(26)15-23-21(27)16-8-7-9-17(14-16)24-22(28)18-10-3-4-11-19(18)32(29,30)25-12-5-2-6-13-25/h3-4,7-11,14H,2,5-6,12-13,15H2,1H3,(H,23,27)(H,24,28). The molecule has 0 radical (unpaired) electrons. The summed E-state index contributed by atoms with van der Waals surface area (Å²) in [7, 11) is -2.59. The number of methoxy groups -OCH3 is 1. The Labute approximate surface area is 186 Å². The number of carbonyl (C=O) groups is 3. The van der Waals surface area contributed by atoms with Crippen LogP contribution < -0.4 is 10.6 Å². The molecule has 1 aliphatic rings. The van der Waals surface area contributed by atoms with Crippen molar-refractivity contribution in [2.45, 2.75) is 24.2 Å². The highest BCUT2D eigenvalue weighted by molar-refractivity contribution is 7.89. The zero-order valence-corrected chi connectivity index (χ0v) is 18.5. The van der Waals surface area contributed by atoms with Gasteiger partial charge in [-0.3, -0.25) is 14.4 Å². The van der Waals surface area contributed by atoms with Gasteiger partial charge in [0.1, 0.15) is 6.54 Å². The van der Waals surface area contributed by atoms with E-state index in [0.717, 1.165) is 19.3 Å². The lowest BCUT2D eigenvalue weighted by Crippen LogP contribution is -2.36. The number of rotatable bonds is 7. The molecule has 0 aromatic heterocycles. The lowest BCUT2D eigenvalue weighted by molar-refractivity contribution is -0.139. The number of nitrogens with one attached hydrogen (secondary N) is 2. The third-order valence-electron chi connectivity index (χ3n) is 5.07. The van der Waals surface area contributed by atoms with Crippen LogP contribution in [0, 0.1) is 0 Å². The van der Waals surface area contributed by atoms with E-state index in [-0.39, 0.29) is 22.6 Å². The van der Waals surface area contributed by atoms with E-state index in [2.05, 4.69) is 15.4 Å². The number of hydrogen-bond donors (Lipinski definition) is 2. The summed E-state index contributed by atoms with van der Waals surface area (Å²) < 4.78 is 32.1. The van der Waals surface area contributed by atoms with E-state index in [0.29, 0.717) is 18.8 Å². The van der Waals surface area contributed by atoms with Gasteiger partial charge in [-0.25, -0.2) is 8.42 Å². The number of ether oxygens (including phenoxy) is 1. The van der Waals surface area contributed by atoms with E-state index in [1.54, 1.807) is 24.3 Å². The molecule has 2 amide bonds. The summed E-state index contributed by atoms with van der Waals surface area (Å²) in [6, 6.07) is 12.2. The lowest BCUT2D eigenvalue weighted by atomic mass is 10.1. The SMILES string of the molecule is COC(=O)CNC(=O)c1cccc(NC(=O)c2ccccc2S(=O)(=O)N2CCCCC2)c1. The Kier molecular flexibility index (Phi) is 7.60. The zero-order chi connectivity index (χ0) is 23.1. The number of piperidine rings is 1. The van der Waals surface area contributed by atoms with E-state index < -0.39 is 27.8 Å². The van der Waals surface area contributed by atoms with Gasteiger partial charge in [-0.2, -0.15) is 4.31 Å². The fourth-order valence-electron chi connectivity index (χ4n) is 3.39. The Morgan fingerprint density at radius 1 is 0.969 bits per heavy atom. The van der Waals surface area contributed by atoms with Crippen molar-refractivity contribution < 1.29 is 27.5 Å². The van der Waals surface area contributed by atoms with E-state index in [4.69, 9.17) is 0 Å². The third-order valence-corrected chi connectivity index (χ3v) is 7.02. The van der Waals surface area contributed by atoms with Crippen LogP contribution in [-0.2, 0) is 19.6 Å². The molecule has 170 valence electrons. The second-order valence-corrected chi connectivity index (χ2v) is 9.16. The summed E-state index contributed by atoms with van der Waals surface area (Å²) >= 11 is 0. The average molecular weight is 460 g/mol. The quantitative estimate of drug-likeness (QED) is 0.611. The Morgan fingerprint density at radius 3 is 2.41 bits per heavy atom. The second-order valence-electron chi connectivity index (χ2n) is 7.25. The molecule has 1 fully saturated rings. The van der Waals surface area contributed by atoms with Crippen molar-refractivity contribution >= 4 is 33.5 Å². The highest BCUT2D eigenvalue weighted by Gasteiger charge is 2.29. The predicted octanol–water partition coefficient (Wildman–Crippen LogP) is 2.02. The van der Waals surface area contributed by atoms with Crippen molar-refractivity contribution in [2.75, 3.05) is 32.1 Å². The molecule has 1 heterocycles. The topological polar surface area (TPSA) is 122 Å². The number of nitrogens with zero attached hydrogens (tertiary/aromatic N) is 1. The summed E-state index contributed by atoms with van der Waals surface area (Å²) in [4.78, 5) is 36.3. The maximum Gasteiger partial charge on any atom is 0.325 e. The fraction of sp³-hybridized carbons (Fsp3) is 0.318. The zero-order valence-electron chi connectivity index (χ0n) is 17.7. The summed E-state index contributed by atoms with van der Waals surface area (Å²) in [6.07, 6.45) is 2.56. The molecule has 0 spiro atoms. The van der Waals surface area contributed by atoms with Gasteiger partial charge in [-0.15, -0.1) is 0 Å². The van der Waals surface area contributed by atoms with Crippen LogP contribution in [0.2, 0.25) is 0 Å². The number of amides is 2. The lowest BCUT2D eigenvalue weighted by Gasteiger charge is -2.26. The molecule has 2 N–H and O–H groups in total. The van der Waals surface area contributed by atoms with Crippen molar-refractivity contribution in [3.05, 3.63) is 59.7 Å². The summed E-state index contributed by atoms with van der Waals surface area (Å²) in [5.74, 6) is -1.71. The molecule has 1 saturated heterocycles. The van der Waals surface area contributed by atoms with E-state index in [1.807, 2.05) is 0 Å². The molecule has 2 aromatic rings. The molecule has 2 aromatic carbocycles. The molecule has 0 atom stereocenters. The number of hydrogen-bond acceptors (Lipinski definition) is 6. The fourth-order valence-corrected chi connectivity index (χ4v) is 5.09. The van der Waals surface area contributed by atoms with Gasteiger partial charge < -0.3 is 15.4 Å². The number of sulfonamides is 1. The van der Waals surface area contributed by atoms with Crippen LogP contribution in [0.5, 0.6) is 0 Å². The van der Waals surface area contributed by atoms with Gasteiger partial charge in [0.05, 0.1) is 17.6 Å². The first kappa shape index (κ1) is 23.4. The van der Waals surface area contributed by atoms with Crippen molar-refractivity contribution in [3.8, 4) is 0 Å². The largest absolute Gasteiger partial charge is 0.468 e. The van der Waals surface area contributed by atoms with Crippen molar-refractivity contribution in [1.29, 1.82) is 0 Å². The van der Waals surface area contributed by atoms with Gasteiger partial charge in [-0.1, -0.05) is 24.6 Å². The highest BCUT2D eigenvalue weighted by Crippen LogP contribution is 2.24. The smallest absolute Gasteiger partial charge is 0.325 e. The molecule has 0 aliphatic carbocycles. The van der Waals surface area contributed by atoms with Gasteiger partial charge in [0.15, 0.2) is 0 Å². The minimum absolute atomic E-state index is 0.0265. The Morgan fingerprint density at radius 2 is 1.69 bits per heavy atom. The molecule has 0 bridgehead atoms. The second kappa shape index (κ2) is 10.4. The van der Waals surface area contributed by atoms with Gasteiger partial charge in [0.2, 0.25) is 10.0 Å². The molecule has 10 heteroatoms. The van der Waals surface area contributed by atoms with E-state index in [9.17, 15) is 22.8 Å². The number of esters is 1. The van der Waals surface area contributed by atoms with E-state index in [1.165, 1.54) is 35.7 Å². The maximum absolute atomic E-state index is 13.1. The van der Waals surface area contributed by atoms with E-state index >= 15 is 0 Å². The van der Waals surface area contributed by atoms with Crippen LogP contribution in [0.15, 0.2) is 53.4 Å². The van der Waals surface area contributed by atoms with Gasteiger partial charge >= 0.3 is 5.97 Å². The molecular formula is C22H25N3O6S. The molecule has 1 aliphatic heterocycles. The number of benzene rings is 2. The molecule has 32 heavy (non-hydrogen) atoms. The monoisotopic (exact) mass is 459 g/mol. The van der Waals surface area contributed by atoms with Crippen molar-refractivity contribution in [3.63, 3.8) is 0 Å². The van der Waals surface area contributed by atoms with Gasteiger partial charge in [0, 0.05) is 24.3 Å². The molecule has 9 nitrogen and oxygen atoms in total. The van der Waals surface area contributed by atoms with Crippen LogP contribution in [0.1, 0.15) is 40.0 Å². The number of carbonyl (C=O) groups excluding carboxylic acids is 3. The van der Waals surface area contributed by atoms with Gasteiger partial charge in [0.25, 0.3) is 11.8 Å². The van der Waals surface area contributed by atoms with Crippen LogP contribution in [0.25, 0.3) is 0 Å². The van der Waals surface area contributed by atoms with Crippen LogP contribution in [0.3, 0.4) is 0 Å². The summed E-state index contributed by atoms with van der Waals surface area (Å²) in [5.41, 5.74) is 0.561. The Balaban J connectivity index is 1.79. The summed E-state index contributed by atoms with van der Waals surface area (Å²) in [5, 5.41) is 5.07. The molecule has 0 unspecified atom stereocenters. The maximum atomic E-state index is 13.1. The van der Waals surface area contributed by atoms with Crippen molar-refractivity contribution in [2.24, 2.45) is 0 Å². The highest BCUT2D eigenvalue weighted by atomic mass is 32.2. The van der Waals surface area contributed by atoms with Crippen LogP contribution >= 0.6 is 0 Å².